The Morgan fingerprint density at radius 3 is 2.40 bits per heavy atom. The van der Waals surface area contributed by atoms with Gasteiger partial charge in [0.25, 0.3) is 0 Å². The smallest absolute Gasteiger partial charge is 0.226 e. The van der Waals surface area contributed by atoms with Gasteiger partial charge in [-0.1, -0.05) is 38.5 Å². The van der Waals surface area contributed by atoms with Crippen molar-refractivity contribution in [3.8, 4) is 0 Å². The number of benzene rings is 1. The molecular weight excluding hydrogens is 312 g/mol. The first kappa shape index (κ1) is 18.2. The van der Waals surface area contributed by atoms with E-state index < -0.39 is 0 Å². The van der Waals surface area contributed by atoms with Crippen LogP contribution in [0.25, 0.3) is 0 Å². The van der Waals surface area contributed by atoms with Crippen LogP contribution in [-0.2, 0) is 4.79 Å². The molecule has 1 aromatic carbocycles. The zero-order valence-electron chi connectivity index (χ0n) is 15.7. The summed E-state index contributed by atoms with van der Waals surface area (Å²) < 4.78 is 0. The van der Waals surface area contributed by atoms with Crippen LogP contribution in [0.5, 0.6) is 0 Å². The SMILES string of the molecule is CC(C)CCC1C(=O)NC(N2CCN(c3ccccc3)CC2)NC1C. The Hall–Kier alpha value is -1.59. The van der Waals surface area contributed by atoms with Crippen molar-refractivity contribution in [2.24, 2.45) is 11.8 Å². The summed E-state index contributed by atoms with van der Waals surface area (Å²) in [7, 11) is 0. The van der Waals surface area contributed by atoms with Crippen molar-refractivity contribution in [1.82, 2.24) is 15.5 Å². The van der Waals surface area contributed by atoms with Gasteiger partial charge in [0.1, 0.15) is 6.29 Å². The van der Waals surface area contributed by atoms with Gasteiger partial charge in [-0.3, -0.25) is 15.0 Å². The number of nitrogens with one attached hydrogen (secondary N) is 2. The molecule has 0 saturated carbocycles. The number of para-hydroxylation sites is 1. The molecule has 3 rings (SSSR count). The molecule has 2 saturated heterocycles. The van der Waals surface area contributed by atoms with Crippen LogP contribution in [0, 0.1) is 11.8 Å². The van der Waals surface area contributed by atoms with E-state index in [1.807, 2.05) is 0 Å². The van der Waals surface area contributed by atoms with Crippen molar-refractivity contribution >= 4 is 11.6 Å². The molecule has 0 radical (unpaired) electrons. The summed E-state index contributed by atoms with van der Waals surface area (Å²) in [6.45, 7) is 10.5. The van der Waals surface area contributed by atoms with Gasteiger partial charge >= 0.3 is 0 Å². The minimum absolute atomic E-state index is 0.0317. The molecule has 138 valence electrons. The highest BCUT2D eigenvalue weighted by atomic mass is 16.2. The van der Waals surface area contributed by atoms with Crippen LogP contribution in [0.15, 0.2) is 30.3 Å². The van der Waals surface area contributed by atoms with E-state index in [2.05, 4.69) is 71.5 Å². The van der Waals surface area contributed by atoms with Gasteiger partial charge in [-0.15, -0.1) is 0 Å². The molecule has 0 bridgehead atoms. The van der Waals surface area contributed by atoms with Gasteiger partial charge in [-0.25, -0.2) is 0 Å². The van der Waals surface area contributed by atoms with Crippen molar-refractivity contribution in [1.29, 1.82) is 0 Å². The maximum Gasteiger partial charge on any atom is 0.226 e. The first-order valence-electron chi connectivity index (χ1n) is 9.65. The third-order valence-corrected chi connectivity index (χ3v) is 5.50. The van der Waals surface area contributed by atoms with Crippen molar-refractivity contribution in [2.45, 2.75) is 45.9 Å². The molecule has 2 aliphatic rings. The molecule has 2 fully saturated rings. The Kier molecular flexibility index (Phi) is 5.97. The van der Waals surface area contributed by atoms with Crippen LogP contribution < -0.4 is 15.5 Å². The second-order valence-electron chi connectivity index (χ2n) is 7.80. The van der Waals surface area contributed by atoms with E-state index in [1.165, 1.54) is 5.69 Å². The highest BCUT2D eigenvalue weighted by Gasteiger charge is 2.36. The van der Waals surface area contributed by atoms with Gasteiger partial charge in [0.2, 0.25) is 5.91 Å². The molecule has 5 heteroatoms. The van der Waals surface area contributed by atoms with Crippen molar-refractivity contribution in [3.05, 3.63) is 30.3 Å². The molecule has 2 heterocycles. The maximum absolute atomic E-state index is 12.6. The standard InChI is InChI=1S/C20H32N4O/c1-15(2)9-10-18-16(3)21-20(22-19(18)25)24-13-11-23(12-14-24)17-7-5-4-6-8-17/h4-8,15-16,18,20-21H,9-14H2,1-3H3,(H,22,25). The average Bonchev–Trinajstić information content (AvgIpc) is 2.61. The second-order valence-corrected chi connectivity index (χ2v) is 7.80. The number of hydrogen-bond donors (Lipinski definition) is 2. The molecule has 2 N–H and O–H groups in total. The first-order valence-corrected chi connectivity index (χ1v) is 9.65. The topological polar surface area (TPSA) is 47.6 Å². The maximum atomic E-state index is 12.6. The number of amides is 1. The Labute approximate surface area is 151 Å². The molecule has 0 aliphatic carbocycles. The molecule has 3 atom stereocenters. The number of hydrogen-bond acceptors (Lipinski definition) is 4. The zero-order valence-corrected chi connectivity index (χ0v) is 15.7. The van der Waals surface area contributed by atoms with Gasteiger partial charge in [0.05, 0.1) is 5.92 Å². The third-order valence-electron chi connectivity index (χ3n) is 5.50. The minimum atomic E-state index is -0.0317. The highest BCUT2D eigenvalue weighted by molar-refractivity contribution is 5.80. The van der Waals surface area contributed by atoms with Crippen molar-refractivity contribution in [2.75, 3.05) is 31.1 Å². The van der Waals surface area contributed by atoms with Crippen molar-refractivity contribution in [3.63, 3.8) is 0 Å². The predicted octanol–water partition coefficient (Wildman–Crippen LogP) is 2.25. The van der Waals surface area contributed by atoms with E-state index in [0.29, 0.717) is 5.92 Å². The summed E-state index contributed by atoms with van der Waals surface area (Å²) in [5.74, 6) is 0.940. The van der Waals surface area contributed by atoms with E-state index in [1.54, 1.807) is 0 Å². The monoisotopic (exact) mass is 344 g/mol. The summed E-state index contributed by atoms with van der Waals surface area (Å²) in [5.41, 5.74) is 1.28. The number of rotatable bonds is 5. The summed E-state index contributed by atoms with van der Waals surface area (Å²) in [6, 6.07) is 10.8. The van der Waals surface area contributed by atoms with E-state index in [0.717, 1.165) is 39.0 Å². The summed E-state index contributed by atoms with van der Waals surface area (Å²) in [5, 5.41) is 6.82. The van der Waals surface area contributed by atoms with Crippen molar-refractivity contribution < 1.29 is 4.79 Å². The van der Waals surface area contributed by atoms with E-state index >= 15 is 0 Å². The van der Waals surface area contributed by atoms with Crippen LogP contribution >= 0.6 is 0 Å². The molecule has 3 unspecified atom stereocenters. The summed E-state index contributed by atoms with van der Waals surface area (Å²) >= 11 is 0. The average molecular weight is 345 g/mol. The Bertz CT molecular complexity index is 554. The summed E-state index contributed by atoms with van der Waals surface area (Å²) in [6.07, 6.45) is 2.03. The Balaban J connectivity index is 1.52. The minimum Gasteiger partial charge on any atom is -0.369 e. The second kappa shape index (κ2) is 8.19. The number of piperazine rings is 1. The number of carbonyl (C=O) groups is 1. The van der Waals surface area contributed by atoms with Crippen LogP contribution in [0.2, 0.25) is 0 Å². The fraction of sp³-hybridized carbons (Fsp3) is 0.650. The lowest BCUT2D eigenvalue weighted by atomic mass is 9.90. The highest BCUT2D eigenvalue weighted by Crippen LogP contribution is 2.21. The third kappa shape index (κ3) is 4.53. The molecule has 0 aromatic heterocycles. The normalized spacial score (nSPS) is 28.2. The molecule has 5 nitrogen and oxygen atoms in total. The van der Waals surface area contributed by atoms with Crippen LogP contribution in [0.1, 0.15) is 33.6 Å². The number of nitrogens with zero attached hydrogens (tertiary/aromatic N) is 2. The molecular formula is C20H32N4O. The first-order chi connectivity index (χ1) is 12.0. The molecule has 0 spiro atoms. The zero-order chi connectivity index (χ0) is 17.8. The van der Waals surface area contributed by atoms with Gasteiger partial charge in [0.15, 0.2) is 0 Å². The Morgan fingerprint density at radius 2 is 1.80 bits per heavy atom. The van der Waals surface area contributed by atoms with E-state index in [9.17, 15) is 4.79 Å². The van der Waals surface area contributed by atoms with Crippen LogP contribution in [-0.4, -0.2) is 49.3 Å². The number of carbonyl (C=O) groups excluding carboxylic acids is 1. The van der Waals surface area contributed by atoms with Gasteiger partial charge in [0, 0.05) is 37.9 Å². The quantitative estimate of drug-likeness (QED) is 0.860. The summed E-state index contributed by atoms with van der Waals surface area (Å²) in [4.78, 5) is 17.3. The number of anilines is 1. The molecule has 2 aliphatic heterocycles. The Morgan fingerprint density at radius 1 is 1.12 bits per heavy atom. The molecule has 25 heavy (non-hydrogen) atoms. The van der Waals surface area contributed by atoms with Gasteiger partial charge < -0.3 is 10.2 Å². The van der Waals surface area contributed by atoms with Gasteiger partial charge in [-0.2, -0.15) is 0 Å². The lowest BCUT2D eigenvalue weighted by Gasteiger charge is -2.45. The molecule has 1 amide bonds. The van der Waals surface area contributed by atoms with Crippen LogP contribution in [0.3, 0.4) is 0 Å². The van der Waals surface area contributed by atoms with Crippen LogP contribution in [0.4, 0.5) is 5.69 Å². The van der Waals surface area contributed by atoms with Gasteiger partial charge in [-0.05, 0) is 31.4 Å². The fourth-order valence-electron chi connectivity index (χ4n) is 3.84. The predicted molar refractivity (Wildman–Crippen MR) is 102 cm³/mol. The lowest BCUT2D eigenvalue weighted by Crippen LogP contribution is -2.68. The molecule has 1 aromatic rings. The largest absolute Gasteiger partial charge is 0.369 e. The van der Waals surface area contributed by atoms with E-state index in [4.69, 9.17) is 0 Å². The lowest BCUT2D eigenvalue weighted by molar-refractivity contribution is -0.132. The fourth-order valence-corrected chi connectivity index (χ4v) is 3.84. The van der Waals surface area contributed by atoms with E-state index in [-0.39, 0.29) is 24.2 Å².